The van der Waals surface area contributed by atoms with Crippen molar-refractivity contribution in [3.63, 3.8) is 0 Å². The Morgan fingerprint density at radius 1 is 1.31 bits per heavy atom. The van der Waals surface area contributed by atoms with Crippen LogP contribution >= 0.6 is 23.2 Å². The van der Waals surface area contributed by atoms with Gasteiger partial charge in [-0.1, -0.05) is 11.6 Å². The first-order chi connectivity index (χ1) is 7.37. The van der Waals surface area contributed by atoms with E-state index in [2.05, 4.69) is 9.97 Å². The molecule has 8 heteroatoms. The molecule has 0 spiro atoms. The third-order valence-electron chi connectivity index (χ3n) is 1.89. The van der Waals surface area contributed by atoms with Gasteiger partial charge in [0, 0.05) is 12.4 Å². The van der Waals surface area contributed by atoms with Crippen LogP contribution in [0.15, 0.2) is 12.4 Å². The first-order valence-corrected chi connectivity index (χ1v) is 4.86. The van der Waals surface area contributed by atoms with Crippen LogP contribution in [0.3, 0.4) is 0 Å². The average Bonchev–Trinajstić information content (AvgIpc) is 2.40. The van der Waals surface area contributed by atoms with Crippen LogP contribution < -0.4 is 0 Å². The maximum atomic E-state index is 12.2. The van der Waals surface area contributed by atoms with Gasteiger partial charge in [-0.25, -0.2) is 4.98 Å². The second-order valence-corrected chi connectivity index (χ2v) is 3.84. The van der Waals surface area contributed by atoms with E-state index in [0.29, 0.717) is 5.39 Å². The van der Waals surface area contributed by atoms with Gasteiger partial charge in [0.15, 0.2) is 0 Å². The maximum Gasteiger partial charge on any atom is 0.406 e. The van der Waals surface area contributed by atoms with Crippen LogP contribution in [0, 0.1) is 0 Å². The number of nitrogens with zero attached hydrogens (tertiary/aromatic N) is 3. The van der Waals surface area contributed by atoms with Crippen molar-refractivity contribution in [3.05, 3.63) is 22.7 Å². The number of alkyl halides is 3. The highest BCUT2D eigenvalue weighted by Gasteiger charge is 2.29. The molecule has 0 bridgehead atoms. The Morgan fingerprint density at radius 2 is 2.00 bits per heavy atom. The standard InChI is InChI=1S/C8H4Cl2F3N3/c9-5-2-16(3-8(11,12)13)6-4(5)1-14-7(10)15-6/h1-2H,3H2. The number of hydrogen-bond donors (Lipinski definition) is 0. The molecule has 0 saturated carbocycles. The molecule has 16 heavy (non-hydrogen) atoms. The van der Waals surface area contributed by atoms with Crippen LogP contribution in [-0.4, -0.2) is 20.7 Å². The van der Waals surface area contributed by atoms with Crippen molar-refractivity contribution in [2.24, 2.45) is 0 Å². The summed E-state index contributed by atoms with van der Waals surface area (Å²) < 4.78 is 37.6. The molecule has 2 aromatic rings. The Kier molecular flexibility index (Phi) is 2.71. The van der Waals surface area contributed by atoms with Gasteiger partial charge in [0.1, 0.15) is 12.2 Å². The third kappa shape index (κ3) is 2.22. The lowest BCUT2D eigenvalue weighted by Crippen LogP contribution is -2.17. The average molecular weight is 270 g/mol. The normalized spacial score (nSPS) is 12.3. The van der Waals surface area contributed by atoms with Gasteiger partial charge in [0.25, 0.3) is 0 Å². The second-order valence-electron chi connectivity index (χ2n) is 3.10. The Labute approximate surface area is 97.8 Å². The topological polar surface area (TPSA) is 30.7 Å². The Bertz CT molecular complexity index is 535. The molecule has 2 aromatic heterocycles. The first kappa shape index (κ1) is 11.5. The molecule has 2 rings (SSSR count). The summed E-state index contributed by atoms with van der Waals surface area (Å²) in [5.74, 6) is 0. The summed E-state index contributed by atoms with van der Waals surface area (Å²) in [6.45, 7) is -1.16. The van der Waals surface area contributed by atoms with Gasteiger partial charge >= 0.3 is 6.18 Å². The molecule has 0 fully saturated rings. The van der Waals surface area contributed by atoms with Crippen molar-refractivity contribution in [3.8, 4) is 0 Å². The molecule has 0 aliphatic rings. The maximum absolute atomic E-state index is 12.2. The van der Waals surface area contributed by atoms with Crippen LogP contribution in [-0.2, 0) is 6.54 Å². The van der Waals surface area contributed by atoms with E-state index >= 15 is 0 Å². The highest BCUT2D eigenvalue weighted by atomic mass is 35.5. The van der Waals surface area contributed by atoms with Gasteiger partial charge in [-0.05, 0) is 11.6 Å². The van der Waals surface area contributed by atoms with Gasteiger partial charge < -0.3 is 4.57 Å². The Hall–Kier alpha value is -1.01. The third-order valence-corrected chi connectivity index (χ3v) is 2.37. The molecular formula is C8H4Cl2F3N3. The molecule has 2 heterocycles. The van der Waals surface area contributed by atoms with Crippen LogP contribution in [0.1, 0.15) is 0 Å². The molecule has 0 saturated heterocycles. The smallest absolute Gasteiger partial charge is 0.322 e. The summed E-state index contributed by atoms with van der Waals surface area (Å²) in [4.78, 5) is 7.37. The number of hydrogen-bond acceptors (Lipinski definition) is 2. The lowest BCUT2D eigenvalue weighted by Gasteiger charge is -2.07. The van der Waals surface area contributed by atoms with Crippen molar-refractivity contribution >= 4 is 34.2 Å². The van der Waals surface area contributed by atoms with E-state index < -0.39 is 12.7 Å². The molecule has 3 nitrogen and oxygen atoms in total. The summed E-state index contributed by atoms with van der Waals surface area (Å²) in [7, 11) is 0. The highest BCUT2D eigenvalue weighted by molar-refractivity contribution is 6.35. The lowest BCUT2D eigenvalue weighted by molar-refractivity contribution is -0.139. The molecule has 0 amide bonds. The van der Waals surface area contributed by atoms with Crippen LogP contribution in [0.5, 0.6) is 0 Å². The van der Waals surface area contributed by atoms with E-state index in [1.165, 1.54) is 6.20 Å². The van der Waals surface area contributed by atoms with E-state index in [1.807, 2.05) is 0 Å². The molecule has 0 aliphatic carbocycles. The molecular weight excluding hydrogens is 266 g/mol. The molecule has 0 unspecified atom stereocenters. The minimum Gasteiger partial charge on any atom is -0.322 e. The number of fused-ring (bicyclic) bond motifs is 1. The predicted octanol–water partition coefficient (Wildman–Crippen LogP) is 3.30. The molecule has 0 radical (unpaired) electrons. The van der Waals surface area contributed by atoms with Crippen LogP contribution in [0.25, 0.3) is 11.0 Å². The van der Waals surface area contributed by atoms with E-state index in [1.54, 1.807) is 0 Å². The fourth-order valence-corrected chi connectivity index (χ4v) is 1.70. The number of aromatic nitrogens is 3. The van der Waals surface area contributed by atoms with Crippen molar-refractivity contribution in [2.75, 3.05) is 0 Å². The molecule has 86 valence electrons. The summed E-state index contributed by atoms with van der Waals surface area (Å²) in [6, 6.07) is 0. The van der Waals surface area contributed by atoms with E-state index in [4.69, 9.17) is 23.2 Å². The monoisotopic (exact) mass is 269 g/mol. The van der Waals surface area contributed by atoms with E-state index in [9.17, 15) is 13.2 Å². The van der Waals surface area contributed by atoms with Crippen molar-refractivity contribution in [1.29, 1.82) is 0 Å². The predicted molar refractivity (Wildman–Crippen MR) is 53.6 cm³/mol. The Balaban J connectivity index is 2.57. The van der Waals surface area contributed by atoms with E-state index in [0.717, 1.165) is 10.8 Å². The van der Waals surface area contributed by atoms with E-state index in [-0.39, 0.29) is 16.0 Å². The number of rotatable bonds is 1. The summed E-state index contributed by atoms with van der Waals surface area (Å²) in [6.07, 6.45) is -1.89. The molecule has 0 atom stereocenters. The van der Waals surface area contributed by atoms with Gasteiger partial charge in [-0.3, -0.25) is 0 Å². The van der Waals surface area contributed by atoms with Gasteiger partial charge in [-0.2, -0.15) is 18.2 Å². The minimum atomic E-state index is -4.34. The summed E-state index contributed by atoms with van der Waals surface area (Å²) >= 11 is 11.3. The fraction of sp³-hybridized carbons (Fsp3) is 0.250. The molecule has 0 aromatic carbocycles. The van der Waals surface area contributed by atoms with Gasteiger partial charge in [0.2, 0.25) is 5.28 Å². The minimum absolute atomic E-state index is 0.0716. The van der Waals surface area contributed by atoms with Crippen molar-refractivity contribution in [1.82, 2.24) is 14.5 Å². The molecule has 0 N–H and O–H groups in total. The van der Waals surface area contributed by atoms with Crippen LogP contribution in [0.2, 0.25) is 10.3 Å². The van der Waals surface area contributed by atoms with Gasteiger partial charge in [0.05, 0.1) is 10.4 Å². The fourth-order valence-electron chi connectivity index (χ4n) is 1.32. The second kappa shape index (κ2) is 3.78. The zero-order valence-electron chi connectivity index (χ0n) is 7.59. The summed E-state index contributed by atoms with van der Waals surface area (Å²) in [5, 5.41) is 0.386. The molecule has 0 aliphatic heterocycles. The highest BCUT2D eigenvalue weighted by Crippen LogP contribution is 2.27. The number of halogens is 5. The van der Waals surface area contributed by atoms with Crippen LogP contribution in [0.4, 0.5) is 13.2 Å². The lowest BCUT2D eigenvalue weighted by atomic mass is 10.4. The zero-order valence-corrected chi connectivity index (χ0v) is 9.11. The van der Waals surface area contributed by atoms with Crippen molar-refractivity contribution < 1.29 is 13.2 Å². The van der Waals surface area contributed by atoms with Crippen molar-refractivity contribution in [2.45, 2.75) is 12.7 Å². The van der Waals surface area contributed by atoms with Gasteiger partial charge in [-0.15, -0.1) is 0 Å². The quantitative estimate of drug-likeness (QED) is 0.744. The summed E-state index contributed by atoms with van der Waals surface area (Å²) in [5.41, 5.74) is 0.0716. The zero-order chi connectivity index (χ0) is 11.9. The SMILES string of the molecule is FC(F)(F)Cn1cc(Cl)c2cnc(Cl)nc21. The first-order valence-electron chi connectivity index (χ1n) is 4.10. The Morgan fingerprint density at radius 3 is 2.62 bits per heavy atom. The largest absolute Gasteiger partial charge is 0.406 e.